The Morgan fingerprint density at radius 2 is 1.95 bits per heavy atom. The van der Waals surface area contributed by atoms with Crippen LogP contribution >= 0.6 is 0 Å². The molecule has 1 aromatic rings. The first-order valence-corrected chi connectivity index (χ1v) is 5.85. The lowest BCUT2D eigenvalue weighted by Crippen LogP contribution is -2.56. The van der Waals surface area contributed by atoms with Crippen LogP contribution in [0.4, 0.5) is 0 Å². The summed E-state index contributed by atoms with van der Waals surface area (Å²) in [7, 11) is 1.56. The first kappa shape index (κ1) is 12.4. The highest BCUT2D eigenvalue weighted by Gasteiger charge is 2.44. The zero-order valence-corrected chi connectivity index (χ0v) is 10.6. The van der Waals surface area contributed by atoms with Crippen LogP contribution in [0.2, 0.25) is 0 Å². The number of hydrogen-bond donors (Lipinski definition) is 1. The molecule has 0 radical (unpaired) electrons. The van der Waals surface area contributed by atoms with Crippen LogP contribution in [-0.2, 0) is 0 Å². The average Bonchev–Trinajstić information content (AvgIpc) is 2.97. The van der Waals surface area contributed by atoms with Gasteiger partial charge in [0.15, 0.2) is 5.84 Å². The van der Waals surface area contributed by atoms with Gasteiger partial charge in [0.25, 0.3) is 0 Å². The number of benzene rings is 1. The van der Waals surface area contributed by atoms with E-state index >= 15 is 0 Å². The number of rotatable bonds is 3. The molecule has 7 nitrogen and oxygen atoms in total. The van der Waals surface area contributed by atoms with E-state index in [4.69, 9.17) is 10.5 Å². The summed E-state index contributed by atoms with van der Waals surface area (Å²) >= 11 is 0. The van der Waals surface area contributed by atoms with Crippen molar-refractivity contribution in [1.82, 2.24) is 0 Å². The summed E-state index contributed by atoms with van der Waals surface area (Å²) < 4.78 is 5.05. The van der Waals surface area contributed by atoms with Crippen molar-refractivity contribution in [2.75, 3.05) is 7.11 Å². The smallest absolute Gasteiger partial charge is 0.220 e. The first-order valence-electron chi connectivity index (χ1n) is 5.85. The molecule has 0 spiro atoms. The molecular weight excluding hydrogens is 258 g/mol. The molecule has 0 amide bonds. The van der Waals surface area contributed by atoms with Gasteiger partial charge in [0.1, 0.15) is 24.1 Å². The zero-order valence-electron chi connectivity index (χ0n) is 10.6. The molecule has 2 N–H and O–H groups in total. The molecule has 0 aliphatic carbocycles. The van der Waals surface area contributed by atoms with Gasteiger partial charge in [0.2, 0.25) is 11.4 Å². The lowest BCUT2D eigenvalue weighted by atomic mass is 9.93. The number of amidine groups is 1. The molecular formula is C13H11N5O2. The highest BCUT2D eigenvalue weighted by molar-refractivity contribution is 6.54. The molecule has 2 heterocycles. The fourth-order valence-corrected chi connectivity index (χ4v) is 1.99. The average molecular weight is 269 g/mol. The summed E-state index contributed by atoms with van der Waals surface area (Å²) in [6.45, 7) is 0. The van der Waals surface area contributed by atoms with Crippen LogP contribution in [0, 0.1) is 0 Å². The van der Waals surface area contributed by atoms with E-state index in [9.17, 15) is 4.79 Å². The number of methoxy groups -OCH3 is 1. The maximum Gasteiger partial charge on any atom is 0.220 e. The van der Waals surface area contributed by atoms with E-state index in [2.05, 4.69) is 20.0 Å². The van der Waals surface area contributed by atoms with Gasteiger partial charge >= 0.3 is 0 Å². The van der Waals surface area contributed by atoms with Gasteiger partial charge < -0.3 is 4.74 Å². The van der Waals surface area contributed by atoms with Crippen molar-refractivity contribution < 1.29 is 9.53 Å². The number of aliphatic imine (C=N–C) groups is 4. The molecule has 7 heteroatoms. The molecule has 1 aromatic carbocycles. The third-order valence-corrected chi connectivity index (χ3v) is 3.08. The number of fused-ring (bicyclic) bond motifs is 1. The van der Waals surface area contributed by atoms with Crippen molar-refractivity contribution in [1.29, 1.82) is 0 Å². The van der Waals surface area contributed by atoms with E-state index < -0.39 is 5.66 Å². The Morgan fingerprint density at radius 3 is 2.65 bits per heavy atom. The standard InChI is InChI=1S/C13H11N5O2/c1-20-9-4-2-8(3-5-9)11(19)13(14)10-12(16-6-15-10)17-7-18-13/h2-7H,14H2,1H3. The minimum Gasteiger partial charge on any atom is -0.497 e. The van der Waals surface area contributed by atoms with Crippen LogP contribution in [0.25, 0.3) is 0 Å². The Morgan fingerprint density at radius 1 is 1.20 bits per heavy atom. The first-order chi connectivity index (χ1) is 9.65. The van der Waals surface area contributed by atoms with E-state index in [1.165, 1.54) is 12.7 Å². The lowest BCUT2D eigenvalue weighted by molar-refractivity contribution is 0.0937. The minimum atomic E-state index is -1.58. The molecule has 0 fully saturated rings. The van der Waals surface area contributed by atoms with E-state index in [1.807, 2.05) is 0 Å². The molecule has 2 aliphatic rings. The number of ketones is 1. The van der Waals surface area contributed by atoms with Gasteiger partial charge in [-0.2, -0.15) is 0 Å². The van der Waals surface area contributed by atoms with Crippen LogP contribution in [-0.4, -0.2) is 42.8 Å². The summed E-state index contributed by atoms with van der Waals surface area (Å²) in [5.74, 6) is 0.612. The Hall–Kier alpha value is -2.67. The second-order valence-electron chi connectivity index (χ2n) is 4.24. The molecule has 3 rings (SSSR count). The van der Waals surface area contributed by atoms with Gasteiger partial charge in [-0.3, -0.25) is 10.5 Å². The van der Waals surface area contributed by atoms with Gasteiger partial charge in [0, 0.05) is 5.56 Å². The van der Waals surface area contributed by atoms with Crippen molar-refractivity contribution in [2.24, 2.45) is 25.7 Å². The summed E-state index contributed by atoms with van der Waals surface area (Å²) in [6.07, 6.45) is 2.55. The molecule has 1 unspecified atom stereocenters. The molecule has 0 saturated heterocycles. The maximum atomic E-state index is 12.6. The van der Waals surface area contributed by atoms with Crippen molar-refractivity contribution in [3.8, 4) is 5.75 Å². The summed E-state index contributed by atoms with van der Waals surface area (Å²) in [4.78, 5) is 28.5. The Bertz CT molecular complexity index is 687. The summed E-state index contributed by atoms with van der Waals surface area (Å²) in [6, 6.07) is 6.64. The molecule has 100 valence electrons. The Balaban J connectivity index is 1.97. The second-order valence-corrected chi connectivity index (χ2v) is 4.24. The van der Waals surface area contributed by atoms with Crippen molar-refractivity contribution in [2.45, 2.75) is 5.66 Å². The normalized spacial score (nSPS) is 23.1. The van der Waals surface area contributed by atoms with Crippen LogP contribution in [0.5, 0.6) is 5.75 Å². The van der Waals surface area contributed by atoms with Gasteiger partial charge in [-0.25, -0.2) is 20.0 Å². The predicted molar refractivity (Wildman–Crippen MR) is 76.1 cm³/mol. The minimum absolute atomic E-state index is 0.265. The quantitative estimate of drug-likeness (QED) is 0.806. The van der Waals surface area contributed by atoms with Gasteiger partial charge in [-0.15, -0.1) is 0 Å². The monoisotopic (exact) mass is 269 g/mol. The summed E-state index contributed by atoms with van der Waals surface area (Å²) in [5, 5.41) is 0. The van der Waals surface area contributed by atoms with Crippen molar-refractivity contribution in [3.05, 3.63) is 29.8 Å². The number of nitrogens with two attached hydrogens (primary N) is 1. The fraction of sp³-hybridized carbons (Fsp3) is 0.154. The SMILES string of the molecule is COc1ccc(C(=O)C2(N)N=CN=C3N=CN=C32)cc1. The largest absolute Gasteiger partial charge is 0.497 e. The lowest BCUT2D eigenvalue weighted by Gasteiger charge is -2.25. The molecule has 20 heavy (non-hydrogen) atoms. The number of carbonyl (C=O) groups is 1. The van der Waals surface area contributed by atoms with Gasteiger partial charge in [-0.1, -0.05) is 0 Å². The Kier molecular flexibility index (Phi) is 2.76. The van der Waals surface area contributed by atoms with Crippen LogP contribution in [0.3, 0.4) is 0 Å². The Labute approximate surface area is 114 Å². The van der Waals surface area contributed by atoms with E-state index in [-0.39, 0.29) is 11.5 Å². The van der Waals surface area contributed by atoms with Gasteiger partial charge in [-0.05, 0) is 24.3 Å². The molecule has 1 atom stereocenters. The third kappa shape index (κ3) is 1.76. The third-order valence-electron chi connectivity index (χ3n) is 3.08. The van der Waals surface area contributed by atoms with Crippen LogP contribution in [0.1, 0.15) is 10.4 Å². The van der Waals surface area contributed by atoms with E-state index in [0.717, 1.165) is 0 Å². The van der Waals surface area contributed by atoms with Gasteiger partial charge in [0.05, 0.1) is 7.11 Å². The molecule has 0 aromatic heterocycles. The fourth-order valence-electron chi connectivity index (χ4n) is 1.99. The molecule has 0 saturated carbocycles. The number of Topliss-reactive ketones (excluding diaryl/α,β-unsaturated/α-hetero) is 1. The maximum absolute atomic E-state index is 12.6. The summed E-state index contributed by atoms with van der Waals surface area (Å²) in [5.41, 5.74) is 5.22. The number of carbonyl (C=O) groups excluding carboxylic acids is 1. The zero-order chi connectivity index (χ0) is 14.2. The van der Waals surface area contributed by atoms with Crippen LogP contribution < -0.4 is 10.5 Å². The van der Waals surface area contributed by atoms with Crippen LogP contribution in [0.15, 0.2) is 44.2 Å². The highest BCUT2D eigenvalue weighted by Crippen LogP contribution is 2.22. The number of hydrogen-bond acceptors (Lipinski definition) is 7. The predicted octanol–water partition coefficient (Wildman–Crippen LogP) is 0.456. The molecule has 2 aliphatic heterocycles. The number of ether oxygens (including phenoxy) is 1. The highest BCUT2D eigenvalue weighted by atomic mass is 16.5. The van der Waals surface area contributed by atoms with E-state index in [0.29, 0.717) is 17.1 Å². The second kappa shape index (κ2) is 4.46. The van der Waals surface area contributed by atoms with Crippen molar-refractivity contribution >= 4 is 30.0 Å². The topological polar surface area (TPSA) is 102 Å². The number of nitrogens with zero attached hydrogens (tertiary/aromatic N) is 4. The van der Waals surface area contributed by atoms with Crippen molar-refractivity contribution in [3.63, 3.8) is 0 Å². The molecule has 0 bridgehead atoms. The van der Waals surface area contributed by atoms with E-state index in [1.54, 1.807) is 31.4 Å².